The van der Waals surface area contributed by atoms with Crippen LogP contribution in [0, 0.1) is 20.8 Å². The van der Waals surface area contributed by atoms with E-state index < -0.39 is 0 Å². The van der Waals surface area contributed by atoms with Crippen molar-refractivity contribution in [2.45, 2.75) is 59.7 Å². The first kappa shape index (κ1) is 14.5. The van der Waals surface area contributed by atoms with Gasteiger partial charge in [0.1, 0.15) is 0 Å². The molecule has 106 valence electrons. The van der Waals surface area contributed by atoms with Gasteiger partial charge in [-0.25, -0.2) is 0 Å². The number of benzene rings is 1. The molecule has 1 atom stereocenters. The molecule has 2 nitrogen and oxygen atoms in total. The monoisotopic (exact) mass is 260 g/mol. The van der Waals surface area contributed by atoms with Gasteiger partial charge in [-0.2, -0.15) is 0 Å². The van der Waals surface area contributed by atoms with Crippen LogP contribution in [0.25, 0.3) is 0 Å². The average molecular weight is 260 g/mol. The highest BCUT2D eigenvalue weighted by atomic mass is 15.2. The average Bonchev–Trinajstić information content (AvgIpc) is 2.28. The summed E-state index contributed by atoms with van der Waals surface area (Å²) in [5.41, 5.74) is 5.96. The van der Waals surface area contributed by atoms with E-state index in [4.69, 9.17) is 0 Å². The summed E-state index contributed by atoms with van der Waals surface area (Å²) in [5.74, 6) is 0. The van der Waals surface area contributed by atoms with E-state index in [1.165, 1.54) is 22.3 Å². The third kappa shape index (κ3) is 3.37. The molecule has 1 N–H and O–H groups in total. The quantitative estimate of drug-likeness (QED) is 0.878. The first-order valence-electron chi connectivity index (χ1n) is 7.34. The third-order valence-corrected chi connectivity index (χ3v) is 4.30. The maximum absolute atomic E-state index is 3.62. The molecule has 19 heavy (non-hydrogen) atoms. The normalized spacial score (nSPS) is 23.6. The Morgan fingerprint density at radius 1 is 1.21 bits per heavy atom. The summed E-state index contributed by atoms with van der Waals surface area (Å²) >= 11 is 0. The van der Waals surface area contributed by atoms with Crippen LogP contribution in [-0.2, 0) is 6.54 Å². The SMILES string of the molecule is Cc1cc(C)c(CN2CC(C)(C)NCC2C)c(C)c1. The zero-order valence-electron chi connectivity index (χ0n) is 13.3. The molecule has 2 rings (SSSR count). The van der Waals surface area contributed by atoms with E-state index in [1.54, 1.807) is 0 Å². The number of nitrogens with zero attached hydrogens (tertiary/aromatic N) is 1. The summed E-state index contributed by atoms with van der Waals surface area (Å²) in [5, 5.41) is 3.62. The summed E-state index contributed by atoms with van der Waals surface area (Å²) in [4.78, 5) is 2.61. The Kier molecular flexibility index (Phi) is 4.03. The Morgan fingerprint density at radius 3 is 2.37 bits per heavy atom. The predicted octanol–water partition coefficient (Wildman–Crippen LogP) is 3.18. The first-order valence-corrected chi connectivity index (χ1v) is 7.34. The molecule has 1 unspecified atom stereocenters. The lowest BCUT2D eigenvalue weighted by molar-refractivity contribution is 0.0974. The number of rotatable bonds is 2. The molecule has 0 aromatic heterocycles. The molecule has 1 aromatic carbocycles. The van der Waals surface area contributed by atoms with E-state index in [2.05, 4.69) is 63.9 Å². The molecule has 0 radical (unpaired) electrons. The summed E-state index contributed by atoms with van der Waals surface area (Å²) in [6.07, 6.45) is 0. The van der Waals surface area contributed by atoms with E-state index in [9.17, 15) is 0 Å². The lowest BCUT2D eigenvalue weighted by Gasteiger charge is -2.43. The van der Waals surface area contributed by atoms with Crippen molar-refractivity contribution in [3.05, 3.63) is 34.4 Å². The van der Waals surface area contributed by atoms with Gasteiger partial charge in [0.05, 0.1) is 0 Å². The molecule has 1 heterocycles. The molecule has 1 fully saturated rings. The highest BCUT2D eigenvalue weighted by molar-refractivity contribution is 5.37. The van der Waals surface area contributed by atoms with Gasteiger partial charge in [-0.3, -0.25) is 4.90 Å². The second-order valence-electron chi connectivity index (χ2n) is 6.90. The molecule has 0 spiro atoms. The number of hydrogen-bond acceptors (Lipinski definition) is 2. The standard InChI is InChI=1S/C17H28N2/c1-12-7-13(2)16(14(3)8-12)10-19-11-17(5,6)18-9-15(19)4/h7-8,15,18H,9-11H2,1-6H3. The summed E-state index contributed by atoms with van der Waals surface area (Å²) in [7, 11) is 0. The van der Waals surface area contributed by atoms with Crippen LogP contribution >= 0.6 is 0 Å². The maximum Gasteiger partial charge on any atom is 0.0253 e. The Labute approximate surface area is 118 Å². The third-order valence-electron chi connectivity index (χ3n) is 4.30. The van der Waals surface area contributed by atoms with Gasteiger partial charge in [0, 0.05) is 31.2 Å². The maximum atomic E-state index is 3.62. The fourth-order valence-corrected chi connectivity index (χ4v) is 3.15. The molecule has 0 bridgehead atoms. The van der Waals surface area contributed by atoms with E-state index >= 15 is 0 Å². The van der Waals surface area contributed by atoms with Crippen molar-refractivity contribution in [3.8, 4) is 0 Å². The minimum absolute atomic E-state index is 0.221. The van der Waals surface area contributed by atoms with Crippen LogP contribution in [0.4, 0.5) is 0 Å². The number of aryl methyl sites for hydroxylation is 3. The van der Waals surface area contributed by atoms with Gasteiger partial charge >= 0.3 is 0 Å². The largest absolute Gasteiger partial charge is 0.309 e. The number of hydrogen-bond donors (Lipinski definition) is 1. The molecule has 1 aliphatic heterocycles. The molecule has 0 aliphatic carbocycles. The molecule has 2 heteroatoms. The molecular formula is C17H28N2. The highest BCUT2D eigenvalue weighted by Gasteiger charge is 2.30. The minimum Gasteiger partial charge on any atom is -0.309 e. The van der Waals surface area contributed by atoms with Crippen LogP contribution in [0.1, 0.15) is 43.0 Å². The number of nitrogens with one attached hydrogen (secondary N) is 1. The second kappa shape index (κ2) is 5.26. The van der Waals surface area contributed by atoms with Crippen molar-refractivity contribution in [2.75, 3.05) is 13.1 Å². The van der Waals surface area contributed by atoms with Crippen LogP contribution in [0.15, 0.2) is 12.1 Å². The molecule has 1 saturated heterocycles. The highest BCUT2D eigenvalue weighted by Crippen LogP contribution is 2.22. The van der Waals surface area contributed by atoms with Gasteiger partial charge in [0.15, 0.2) is 0 Å². The van der Waals surface area contributed by atoms with E-state index in [1.807, 2.05) is 0 Å². The van der Waals surface area contributed by atoms with E-state index in [0.717, 1.165) is 19.6 Å². The lowest BCUT2D eigenvalue weighted by atomic mass is 9.95. The fraction of sp³-hybridized carbons (Fsp3) is 0.647. The molecule has 0 saturated carbocycles. The second-order valence-corrected chi connectivity index (χ2v) is 6.90. The van der Waals surface area contributed by atoms with Crippen LogP contribution in [0.5, 0.6) is 0 Å². The van der Waals surface area contributed by atoms with Gasteiger partial charge in [0.2, 0.25) is 0 Å². The van der Waals surface area contributed by atoms with Crippen molar-refractivity contribution in [1.29, 1.82) is 0 Å². The first-order chi connectivity index (χ1) is 8.78. The zero-order chi connectivity index (χ0) is 14.2. The molecule has 0 amide bonds. The minimum atomic E-state index is 0.221. The summed E-state index contributed by atoms with van der Waals surface area (Å²) in [6, 6.07) is 5.22. The van der Waals surface area contributed by atoms with Crippen molar-refractivity contribution in [1.82, 2.24) is 10.2 Å². The van der Waals surface area contributed by atoms with Gasteiger partial charge in [-0.15, -0.1) is 0 Å². The predicted molar refractivity (Wildman–Crippen MR) is 82.6 cm³/mol. The molecule has 1 aromatic rings. The fourth-order valence-electron chi connectivity index (χ4n) is 3.15. The Bertz CT molecular complexity index is 439. The topological polar surface area (TPSA) is 15.3 Å². The summed E-state index contributed by atoms with van der Waals surface area (Å²) < 4.78 is 0. The van der Waals surface area contributed by atoms with Gasteiger partial charge in [-0.05, 0) is 58.2 Å². The number of piperazine rings is 1. The molecule has 1 aliphatic rings. The van der Waals surface area contributed by atoms with Crippen molar-refractivity contribution in [3.63, 3.8) is 0 Å². The van der Waals surface area contributed by atoms with Crippen molar-refractivity contribution < 1.29 is 0 Å². The van der Waals surface area contributed by atoms with Gasteiger partial charge in [0.25, 0.3) is 0 Å². The van der Waals surface area contributed by atoms with E-state index in [-0.39, 0.29) is 5.54 Å². The van der Waals surface area contributed by atoms with Crippen LogP contribution in [0.2, 0.25) is 0 Å². The Morgan fingerprint density at radius 2 is 1.79 bits per heavy atom. The Balaban J connectivity index is 2.21. The zero-order valence-corrected chi connectivity index (χ0v) is 13.3. The van der Waals surface area contributed by atoms with Crippen LogP contribution in [0.3, 0.4) is 0 Å². The Hall–Kier alpha value is -0.860. The lowest BCUT2D eigenvalue weighted by Crippen LogP contribution is -2.60. The van der Waals surface area contributed by atoms with Crippen LogP contribution < -0.4 is 5.32 Å². The van der Waals surface area contributed by atoms with Crippen molar-refractivity contribution in [2.24, 2.45) is 0 Å². The smallest absolute Gasteiger partial charge is 0.0253 e. The van der Waals surface area contributed by atoms with Gasteiger partial charge < -0.3 is 5.32 Å². The van der Waals surface area contributed by atoms with Gasteiger partial charge in [-0.1, -0.05) is 17.7 Å². The van der Waals surface area contributed by atoms with Crippen molar-refractivity contribution >= 4 is 0 Å². The molecular weight excluding hydrogens is 232 g/mol. The van der Waals surface area contributed by atoms with Crippen LogP contribution in [-0.4, -0.2) is 29.6 Å². The summed E-state index contributed by atoms with van der Waals surface area (Å²) in [6.45, 7) is 16.8. The van der Waals surface area contributed by atoms with E-state index in [0.29, 0.717) is 6.04 Å².